The number of nitrogens with one attached hydrogen (secondary N) is 1. The van der Waals surface area contributed by atoms with Crippen LogP contribution in [0.4, 0.5) is 5.69 Å². The van der Waals surface area contributed by atoms with E-state index in [2.05, 4.69) is 12.2 Å². The van der Waals surface area contributed by atoms with Crippen molar-refractivity contribution in [2.24, 2.45) is 0 Å². The summed E-state index contributed by atoms with van der Waals surface area (Å²) in [4.78, 5) is 13.1. The first-order chi connectivity index (χ1) is 8.75. The highest BCUT2D eigenvalue weighted by Gasteiger charge is 2.22. The van der Waals surface area contributed by atoms with Gasteiger partial charge in [-0.1, -0.05) is 13.0 Å². The van der Waals surface area contributed by atoms with Crippen LogP contribution in [0.1, 0.15) is 39.7 Å². The number of nitrogens with two attached hydrogens (primary N) is 1. The van der Waals surface area contributed by atoms with Gasteiger partial charge in [-0.15, -0.1) is 11.8 Å². The van der Waals surface area contributed by atoms with Crippen molar-refractivity contribution in [1.82, 2.24) is 5.32 Å². The summed E-state index contributed by atoms with van der Waals surface area (Å²) in [6.45, 7) is 10.0. The summed E-state index contributed by atoms with van der Waals surface area (Å²) in [6, 6.07) is 5.92. The van der Waals surface area contributed by atoms with Crippen molar-refractivity contribution in [3.05, 3.63) is 23.8 Å². The number of anilines is 1. The Hall–Kier alpha value is -1.16. The normalized spacial score (nSPS) is 13.1. The van der Waals surface area contributed by atoms with Gasteiger partial charge in [-0.25, -0.2) is 0 Å². The lowest BCUT2D eigenvalue weighted by atomic mass is 10.0. The Balaban J connectivity index is 2.69. The molecular formula is C15H24N2OS. The van der Waals surface area contributed by atoms with Gasteiger partial charge >= 0.3 is 0 Å². The van der Waals surface area contributed by atoms with Gasteiger partial charge in [0.15, 0.2) is 0 Å². The van der Waals surface area contributed by atoms with Crippen LogP contribution < -0.4 is 11.1 Å². The SMILES string of the molecule is CCC(C)(C)NC(=O)C(C)Sc1ccc(C)cc1N. The molecule has 0 aliphatic heterocycles. The molecule has 0 fully saturated rings. The van der Waals surface area contributed by atoms with Gasteiger partial charge in [0.25, 0.3) is 0 Å². The maximum Gasteiger partial charge on any atom is 0.233 e. The average molecular weight is 280 g/mol. The van der Waals surface area contributed by atoms with Crippen LogP contribution in [0, 0.1) is 6.92 Å². The summed E-state index contributed by atoms with van der Waals surface area (Å²) in [5.74, 6) is 0.0526. The van der Waals surface area contributed by atoms with Gasteiger partial charge in [0.1, 0.15) is 0 Å². The fourth-order valence-electron chi connectivity index (χ4n) is 1.54. The van der Waals surface area contributed by atoms with Crippen LogP contribution in [0.5, 0.6) is 0 Å². The van der Waals surface area contributed by atoms with E-state index in [0.717, 1.165) is 22.6 Å². The fraction of sp³-hybridized carbons (Fsp3) is 0.533. The minimum absolute atomic E-state index is 0.0526. The number of carbonyl (C=O) groups excluding carboxylic acids is 1. The van der Waals surface area contributed by atoms with E-state index in [0.29, 0.717) is 0 Å². The molecule has 0 spiro atoms. The molecule has 0 aliphatic carbocycles. The van der Waals surface area contributed by atoms with E-state index in [9.17, 15) is 4.79 Å². The van der Waals surface area contributed by atoms with Crippen LogP contribution in [0.15, 0.2) is 23.1 Å². The Labute approximate surface area is 120 Å². The zero-order chi connectivity index (χ0) is 14.6. The molecule has 0 aliphatic rings. The number of hydrogen-bond donors (Lipinski definition) is 2. The Kier molecular flexibility index (Phi) is 5.29. The van der Waals surface area contributed by atoms with Crippen molar-refractivity contribution in [3.8, 4) is 0 Å². The molecule has 3 N–H and O–H groups in total. The highest BCUT2D eigenvalue weighted by molar-refractivity contribution is 8.00. The fourth-order valence-corrected chi connectivity index (χ4v) is 2.43. The van der Waals surface area contributed by atoms with E-state index in [1.807, 2.05) is 45.9 Å². The minimum Gasteiger partial charge on any atom is -0.398 e. The third kappa shape index (κ3) is 4.78. The molecule has 0 aromatic heterocycles. The highest BCUT2D eigenvalue weighted by atomic mass is 32.2. The third-order valence-corrected chi connectivity index (χ3v) is 4.38. The topological polar surface area (TPSA) is 55.1 Å². The number of rotatable bonds is 5. The summed E-state index contributed by atoms with van der Waals surface area (Å²) in [6.07, 6.45) is 0.906. The summed E-state index contributed by atoms with van der Waals surface area (Å²) in [5, 5.41) is 2.90. The van der Waals surface area contributed by atoms with Gasteiger partial charge in [0, 0.05) is 16.1 Å². The molecule has 0 saturated carbocycles. The molecule has 0 heterocycles. The van der Waals surface area contributed by atoms with Crippen molar-refractivity contribution < 1.29 is 4.79 Å². The molecule has 1 aromatic rings. The third-order valence-electron chi connectivity index (χ3n) is 3.18. The van der Waals surface area contributed by atoms with Crippen LogP contribution in [0.2, 0.25) is 0 Å². The second kappa shape index (κ2) is 6.33. The molecule has 0 saturated heterocycles. The monoisotopic (exact) mass is 280 g/mol. The van der Waals surface area contributed by atoms with Crippen LogP contribution in [-0.2, 0) is 4.79 Å². The van der Waals surface area contributed by atoms with Gasteiger partial charge < -0.3 is 11.1 Å². The number of benzene rings is 1. The number of thioether (sulfide) groups is 1. The maximum atomic E-state index is 12.1. The molecule has 0 bridgehead atoms. The molecule has 4 heteroatoms. The molecule has 1 aromatic carbocycles. The zero-order valence-corrected chi connectivity index (χ0v) is 13.2. The predicted octanol–water partition coefficient (Wildman–Crippen LogP) is 3.36. The smallest absolute Gasteiger partial charge is 0.233 e. The van der Waals surface area contributed by atoms with Crippen molar-refractivity contribution in [2.45, 2.75) is 56.7 Å². The summed E-state index contributed by atoms with van der Waals surface area (Å²) in [5.41, 5.74) is 7.67. The van der Waals surface area contributed by atoms with Crippen molar-refractivity contribution in [1.29, 1.82) is 0 Å². The van der Waals surface area contributed by atoms with Gasteiger partial charge in [0.05, 0.1) is 5.25 Å². The van der Waals surface area contributed by atoms with Crippen LogP contribution >= 0.6 is 11.8 Å². The highest BCUT2D eigenvalue weighted by Crippen LogP contribution is 2.29. The Morgan fingerprint density at radius 2 is 2.11 bits per heavy atom. The van der Waals surface area contributed by atoms with E-state index in [1.165, 1.54) is 11.8 Å². The van der Waals surface area contributed by atoms with Gasteiger partial charge in [-0.05, 0) is 51.8 Å². The Morgan fingerprint density at radius 3 is 2.63 bits per heavy atom. The Morgan fingerprint density at radius 1 is 1.47 bits per heavy atom. The number of amides is 1. The lowest BCUT2D eigenvalue weighted by Crippen LogP contribution is -2.46. The molecule has 1 amide bonds. The van der Waals surface area contributed by atoms with Crippen molar-refractivity contribution >= 4 is 23.4 Å². The first-order valence-corrected chi connectivity index (χ1v) is 7.48. The second-order valence-electron chi connectivity index (χ2n) is 5.53. The quantitative estimate of drug-likeness (QED) is 0.642. The van der Waals surface area contributed by atoms with E-state index >= 15 is 0 Å². The van der Waals surface area contributed by atoms with E-state index < -0.39 is 0 Å². The van der Waals surface area contributed by atoms with Gasteiger partial charge in [-0.2, -0.15) is 0 Å². The molecule has 1 atom stereocenters. The second-order valence-corrected chi connectivity index (χ2v) is 6.91. The first kappa shape index (κ1) is 15.9. The van der Waals surface area contributed by atoms with Crippen molar-refractivity contribution in [3.63, 3.8) is 0 Å². The minimum atomic E-state index is -0.162. The molecule has 1 rings (SSSR count). The van der Waals surface area contributed by atoms with Gasteiger partial charge in [-0.3, -0.25) is 4.79 Å². The van der Waals surface area contributed by atoms with E-state index in [4.69, 9.17) is 5.73 Å². The molecular weight excluding hydrogens is 256 g/mol. The average Bonchev–Trinajstić information content (AvgIpc) is 2.32. The van der Waals surface area contributed by atoms with Crippen LogP contribution in [-0.4, -0.2) is 16.7 Å². The lowest BCUT2D eigenvalue weighted by molar-refractivity contribution is -0.121. The molecule has 106 valence electrons. The van der Waals surface area contributed by atoms with E-state index in [-0.39, 0.29) is 16.7 Å². The van der Waals surface area contributed by atoms with E-state index in [1.54, 1.807) is 0 Å². The maximum absolute atomic E-state index is 12.1. The molecule has 0 radical (unpaired) electrons. The lowest BCUT2D eigenvalue weighted by Gasteiger charge is -2.26. The van der Waals surface area contributed by atoms with Crippen LogP contribution in [0.25, 0.3) is 0 Å². The molecule has 3 nitrogen and oxygen atoms in total. The standard InChI is InChI=1S/C15H24N2OS/c1-6-15(4,5)17-14(18)11(3)19-13-8-7-10(2)9-12(13)16/h7-9,11H,6,16H2,1-5H3,(H,17,18). The Bertz CT molecular complexity index is 457. The summed E-state index contributed by atoms with van der Waals surface area (Å²) < 4.78 is 0. The number of nitrogen functional groups attached to an aromatic ring is 1. The number of aryl methyl sites for hydroxylation is 1. The summed E-state index contributed by atoms with van der Waals surface area (Å²) in [7, 11) is 0. The molecule has 1 unspecified atom stereocenters. The van der Waals surface area contributed by atoms with Crippen LogP contribution in [0.3, 0.4) is 0 Å². The number of carbonyl (C=O) groups is 1. The first-order valence-electron chi connectivity index (χ1n) is 6.60. The largest absolute Gasteiger partial charge is 0.398 e. The number of hydrogen-bond acceptors (Lipinski definition) is 3. The predicted molar refractivity (Wildman–Crippen MR) is 83.4 cm³/mol. The van der Waals surface area contributed by atoms with Gasteiger partial charge in [0.2, 0.25) is 5.91 Å². The zero-order valence-electron chi connectivity index (χ0n) is 12.4. The summed E-state index contributed by atoms with van der Waals surface area (Å²) >= 11 is 1.50. The van der Waals surface area contributed by atoms with Crippen molar-refractivity contribution in [2.75, 3.05) is 5.73 Å². The molecule has 19 heavy (non-hydrogen) atoms.